The first-order chi connectivity index (χ1) is 19.8. The van der Waals surface area contributed by atoms with Crippen LogP contribution in [0.2, 0.25) is 18.1 Å². The summed E-state index contributed by atoms with van der Waals surface area (Å²) in [5.41, 5.74) is 2.31. The zero-order valence-electron chi connectivity index (χ0n) is 26.1. The van der Waals surface area contributed by atoms with Crippen LogP contribution >= 0.6 is 0 Å². The zero-order valence-corrected chi connectivity index (χ0v) is 27.1. The fraction of sp³-hybridized carbons (Fsp3) is 0.600. The second kappa shape index (κ2) is 14.6. The van der Waals surface area contributed by atoms with Gasteiger partial charge in [-0.3, -0.25) is 0 Å². The molecule has 2 heterocycles. The number of benzene rings is 2. The van der Waals surface area contributed by atoms with E-state index in [9.17, 15) is 0 Å². The maximum Gasteiger partial charge on any atom is 0.192 e. The van der Waals surface area contributed by atoms with Gasteiger partial charge in [0.25, 0.3) is 0 Å². The number of hydrogen-bond donors (Lipinski definition) is 0. The van der Waals surface area contributed by atoms with Crippen molar-refractivity contribution in [3.63, 3.8) is 0 Å². The van der Waals surface area contributed by atoms with E-state index in [-0.39, 0.29) is 42.2 Å². The lowest BCUT2D eigenvalue weighted by atomic mass is 9.76. The minimum absolute atomic E-state index is 0.0288. The van der Waals surface area contributed by atoms with Crippen LogP contribution in [0, 0.1) is 17.8 Å². The summed E-state index contributed by atoms with van der Waals surface area (Å²) < 4.78 is 34.2. The summed E-state index contributed by atoms with van der Waals surface area (Å²) in [6.45, 7) is 19.4. The lowest BCUT2D eigenvalue weighted by Gasteiger charge is -2.54. The smallest absolute Gasteiger partial charge is 0.192 e. The molecule has 0 amide bonds. The minimum atomic E-state index is -1.94. The van der Waals surface area contributed by atoms with Crippen LogP contribution in [0.25, 0.3) is 0 Å². The van der Waals surface area contributed by atoms with Crippen molar-refractivity contribution in [2.45, 2.75) is 110 Å². The molecule has 8 atom stereocenters. The van der Waals surface area contributed by atoms with E-state index in [4.69, 9.17) is 23.4 Å². The molecule has 0 radical (unpaired) electrons. The highest BCUT2D eigenvalue weighted by Crippen LogP contribution is 2.49. The van der Waals surface area contributed by atoms with Gasteiger partial charge in [0.1, 0.15) is 6.10 Å². The van der Waals surface area contributed by atoms with Gasteiger partial charge in [-0.25, -0.2) is 0 Å². The zero-order chi connectivity index (χ0) is 29.5. The number of rotatable bonds is 14. The average molecular weight is 581 g/mol. The molecule has 226 valence electrons. The summed E-state index contributed by atoms with van der Waals surface area (Å²) in [5, 5.41) is 0. The van der Waals surface area contributed by atoms with E-state index >= 15 is 0 Å². The first-order valence-electron chi connectivity index (χ1n) is 15.7. The third-order valence-corrected chi connectivity index (χ3v) is 14.5. The highest BCUT2D eigenvalue weighted by Gasteiger charge is 2.59. The van der Waals surface area contributed by atoms with Gasteiger partial charge in [0.15, 0.2) is 14.1 Å². The van der Waals surface area contributed by atoms with Crippen LogP contribution in [0.4, 0.5) is 0 Å². The van der Waals surface area contributed by atoms with Crippen molar-refractivity contribution >= 4 is 8.32 Å². The molecule has 0 aromatic heterocycles. The first kappa shape index (κ1) is 32.1. The maximum atomic E-state index is 7.30. The van der Waals surface area contributed by atoms with Crippen molar-refractivity contribution in [2.75, 3.05) is 6.61 Å². The van der Waals surface area contributed by atoms with Gasteiger partial charge in [0, 0.05) is 18.3 Å². The topological polar surface area (TPSA) is 46.2 Å². The molecule has 2 aliphatic rings. The maximum absolute atomic E-state index is 7.30. The van der Waals surface area contributed by atoms with Crippen LogP contribution in [-0.4, -0.2) is 45.1 Å². The summed E-state index contributed by atoms with van der Waals surface area (Å²) in [6.07, 6.45) is 2.05. The molecular weight excluding hydrogens is 528 g/mol. The molecule has 2 aromatic rings. The van der Waals surface area contributed by atoms with Crippen molar-refractivity contribution in [1.29, 1.82) is 0 Å². The van der Waals surface area contributed by atoms with Gasteiger partial charge in [-0.05, 0) is 35.2 Å². The Labute approximate surface area is 249 Å². The Hall–Kier alpha value is -1.80. The molecule has 2 aromatic carbocycles. The van der Waals surface area contributed by atoms with E-state index in [1.807, 2.05) is 30.3 Å². The molecule has 0 unspecified atom stereocenters. The molecule has 0 saturated carbocycles. The Kier molecular flexibility index (Phi) is 11.4. The van der Waals surface area contributed by atoms with Gasteiger partial charge in [-0.1, -0.05) is 108 Å². The van der Waals surface area contributed by atoms with Crippen LogP contribution in [0.5, 0.6) is 0 Å². The van der Waals surface area contributed by atoms with Crippen molar-refractivity contribution < 1.29 is 23.4 Å². The Morgan fingerprint density at radius 1 is 0.951 bits per heavy atom. The Morgan fingerprint density at radius 3 is 2.10 bits per heavy atom. The Morgan fingerprint density at radius 2 is 1.54 bits per heavy atom. The lowest BCUT2D eigenvalue weighted by molar-refractivity contribution is -0.335. The molecule has 2 saturated heterocycles. The fourth-order valence-electron chi connectivity index (χ4n) is 6.52. The third-order valence-electron chi connectivity index (χ3n) is 9.83. The van der Waals surface area contributed by atoms with Gasteiger partial charge in [0.2, 0.25) is 0 Å². The van der Waals surface area contributed by atoms with E-state index in [1.54, 1.807) is 0 Å². The highest BCUT2D eigenvalue weighted by atomic mass is 28.4. The molecule has 5 nitrogen and oxygen atoms in total. The molecule has 1 spiro atoms. The molecule has 4 rings (SSSR count). The molecule has 0 N–H and O–H groups in total. The number of ether oxygens (including phenoxy) is 4. The largest absolute Gasteiger partial charge is 0.411 e. The van der Waals surface area contributed by atoms with Crippen LogP contribution in [-0.2, 0) is 36.6 Å². The highest BCUT2D eigenvalue weighted by molar-refractivity contribution is 6.73. The predicted molar refractivity (Wildman–Crippen MR) is 168 cm³/mol. The molecule has 2 aliphatic heterocycles. The van der Waals surface area contributed by atoms with Gasteiger partial charge >= 0.3 is 0 Å². The monoisotopic (exact) mass is 580 g/mol. The minimum Gasteiger partial charge on any atom is -0.411 e. The molecular formula is C35H52O5Si. The molecule has 0 aliphatic carbocycles. The van der Waals surface area contributed by atoms with Gasteiger partial charge < -0.3 is 23.4 Å². The summed E-state index contributed by atoms with van der Waals surface area (Å²) in [6, 6.07) is 24.0. The van der Waals surface area contributed by atoms with Crippen molar-refractivity contribution in [3.05, 3.63) is 84.4 Å². The van der Waals surface area contributed by atoms with Crippen molar-refractivity contribution in [2.24, 2.45) is 17.8 Å². The van der Waals surface area contributed by atoms with Gasteiger partial charge in [0.05, 0.1) is 38.1 Å². The normalized spacial score (nSPS) is 29.9. The third kappa shape index (κ3) is 7.41. The van der Waals surface area contributed by atoms with Crippen molar-refractivity contribution in [3.8, 4) is 0 Å². The second-order valence-corrected chi connectivity index (χ2v) is 16.9. The summed E-state index contributed by atoms with van der Waals surface area (Å²) in [4.78, 5) is 0. The predicted octanol–water partition coefficient (Wildman–Crippen LogP) is 8.16. The Balaban J connectivity index is 1.61. The molecule has 6 heteroatoms. The summed E-state index contributed by atoms with van der Waals surface area (Å²) >= 11 is 0. The standard InChI is InChI=1S/C35H52O5Si/c1-8-26(5)32(37-24-30-20-16-13-17-21-30)34-33(40-41(9-2,10-3)11-4)27(6)28(7)35(39-34)22-31(25-38-35)36-23-29-18-14-12-15-19-29/h8,12-21,26-28,31-34H,1,9-11,22-25H2,2-7H3/t26-,27+,28+,31+,32+,33-,34+,35-/m1/s1. The van der Waals surface area contributed by atoms with Crippen LogP contribution < -0.4 is 0 Å². The lowest BCUT2D eigenvalue weighted by Crippen LogP contribution is -2.63. The quantitative estimate of drug-likeness (QED) is 0.167. The van der Waals surface area contributed by atoms with Crippen LogP contribution in [0.3, 0.4) is 0 Å². The summed E-state index contributed by atoms with van der Waals surface area (Å²) in [7, 11) is -1.94. The van der Waals surface area contributed by atoms with E-state index in [2.05, 4.69) is 84.5 Å². The van der Waals surface area contributed by atoms with E-state index in [1.165, 1.54) is 5.56 Å². The van der Waals surface area contributed by atoms with Crippen LogP contribution in [0.1, 0.15) is 59.1 Å². The summed E-state index contributed by atoms with van der Waals surface area (Å²) in [5.74, 6) is -0.312. The fourth-order valence-corrected chi connectivity index (χ4v) is 9.44. The second-order valence-electron chi connectivity index (χ2n) is 12.2. The average Bonchev–Trinajstić information content (AvgIpc) is 3.43. The van der Waals surface area contributed by atoms with E-state index in [0.717, 1.165) is 23.7 Å². The van der Waals surface area contributed by atoms with E-state index < -0.39 is 14.1 Å². The SMILES string of the molecule is C=C[C@@H](C)[C@H](OCc1ccccc1)[C@@H]1O[C@]2(C[C@H](OCc3ccccc3)CO2)[C@@H](C)[C@H](C)[C@H]1O[Si](CC)(CC)CC. The van der Waals surface area contributed by atoms with E-state index in [0.29, 0.717) is 26.2 Å². The van der Waals surface area contributed by atoms with Gasteiger partial charge in [-0.2, -0.15) is 0 Å². The molecule has 0 bridgehead atoms. The van der Waals surface area contributed by atoms with Crippen molar-refractivity contribution in [1.82, 2.24) is 0 Å². The number of hydrogen-bond acceptors (Lipinski definition) is 5. The molecule has 2 fully saturated rings. The van der Waals surface area contributed by atoms with Crippen LogP contribution in [0.15, 0.2) is 73.3 Å². The van der Waals surface area contributed by atoms with Gasteiger partial charge in [-0.15, -0.1) is 6.58 Å². The Bertz CT molecular complexity index is 1050. The first-order valence-corrected chi connectivity index (χ1v) is 18.3. The molecule has 41 heavy (non-hydrogen) atoms.